The lowest BCUT2D eigenvalue weighted by molar-refractivity contribution is -0.146. The second-order valence-electron chi connectivity index (χ2n) is 8.71. The number of benzene rings is 1. The molecule has 1 aliphatic heterocycles. The molecule has 0 radical (unpaired) electrons. The van der Waals surface area contributed by atoms with E-state index in [9.17, 15) is 19.5 Å². The highest BCUT2D eigenvalue weighted by Crippen LogP contribution is 2.21. The van der Waals surface area contributed by atoms with E-state index in [1.54, 1.807) is 17.1 Å². The van der Waals surface area contributed by atoms with Crippen LogP contribution in [0.3, 0.4) is 0 Å². The molecule has 8 heteroatoms. The molecule has 1 saturated heterocycles. The van der Waals surface area contributed by atoms with Crippen LogP contribution in [0.1, 0.15) is 44.1 Å². The van der Waals surface area contributed by atoms with Crippen LogP contribution in [0.2, 0.25) is 0 Å². The van der Waals surface area contributed by atoms with Gasteiger partial charge in [-0.15, -0.1) is 13.2 Å². The molecule has 2 amide bonds. The lowest BCUT2D eigenvalue weighted by Gasteiger charge is -2.26. The summed E-state index contributed by atoms with van der Waals surface area (Å²) in [5, 5.41) is 12.4. The molecule has 0 saturated carbocycles. The number of hydrogen-bond acceptors (Lipinski definition) is 6. The maximum Gasteiger partial charge on any atom is 0.306 e. The Bertz CT molecular complexity index is 828. The molecule has 0 spiro atoms. The molecule has 2 rings (SSSR count). The van der Waals surface area contributed by atoms with Crippen LogP contribution in [0.15, 0.2) is 55.6 Å². The molecule has 192 valence electrons. The van der Waals surface area contributed by atoms with E-state index in [0.717, 1.165) is 18.4 Å². The van der Waals surface area contributed by atoms with Crippen molar-refractivity contribution in [1.29, 1.82) is 0 Å². The quantitative estimate of drug-likeness (QED) is 0.275. The van der Waals surface area contributed by atoms with E-state index in [-0.39, 0.29) is 56.5 Å². The second kappa shape index (κ2) is 15.8. The van der Waals surface area contributed by atoms with E-state index in [0.29, 0.717) is 26.0 Å². The lowest BCUT2D eigenvalue weighted by Crippen LogP contribution is -2.46. The van der Waals surface area contributed by atoms with Crippen LogP contribution < -0.4 is 5.32 Å². The zero-order chi connectivity index (χ0) is 25.5. The van der Waals surface area contributed by atoms with Crippen molar-refractivity contribution in [3.63, 3.8) is 0 Å². The van der Waals surface area contributed by atoms with Gasteiger partial charge in [0.25, 0.3) is 0 Å². The average molecular weight is 487 g/mol. The minimum Gasteiger partial charge on any atom is -0.463 e. The molecule has 1 aromatic rings. The van der Waals surface area contributed by atoms with Crippen LogP contribution in [-0.2, 0) is 30.5 Å². The smallest absolute Gasteiger partial charge is 0.306 e. The Kier molecular flexibility index (Phi) is 12.8. The van der Waals surface area contributed by atoms with E-state index in [2.05, 4.69) is 18.5 Å². The van der Waals surface area contributed by atoms with Gasteiger partial charge in [0.05, 0.1) is 37.8 Å². The normalized spacial score (nSPS) is 16.8. The Hall–Kier alpha value is -2.97. The Morgan fingerprint density at radius 1 is 1.17 bits per heavy atom. The van der Waals surface area contributed by atoms with Gasteiger partial charge in [-0.25, -0.2) is 0 Å². The van der Waals surface area contributed by atoms with Gasteiger partial charge in [0.15, 0.2) is 0 Å². The Morgan fingerprint density at radius 3 is 2.63 bits per heavy atom. The number of nitrogens with zero attached hydrogens (tertiary/aromatic N) is 1. The molecule has 3 atom stereocenters. The van der Waals surface area contributed by atoms with Gasteiger partial charge in [-0.1, -0.05) is 42.5 Å². The van der Waals surface area contributed by atoms with Crippen LogP contribution in [0.25, 0.3) is 0 Å². The standard InChI is InChI=1S/C27H38N2O6/c1-3-5-14-26(32)35-20-23(19-34-18-21-11-7-6-8-12-21)28-27(33)22(10-4-2)16-25(31)29-15-9-13-24(29)17-30/h3-4,6-8,11-12,22-24,30H,1-2,5,9-10,13-20H2,(H,28,33). The van der Waals surface area contributed by atoms with Crippen molar-refractivity contribution >= 4 is 17.8 Å². The minimum atomic E-state index is -0.618. The van der Waals surface area contributed by atoms with Crippen molar-refractivity contribution in [3.8, 4) is 0 Å². The summed E-state index contributed by atoms with van der Waals surface area (Å²) < 4.78 is 11.1. The molecule has 1 heterocycles. The third-order valence-electron chi connectivity index (χ3n) is 5.93. The number of amides is 2. The van der Waals surface area contributed by atoms with Crippen LogP contribution in [0.4, 0.5) is 0 Å². The maximum atomic E-state index is 13.1. The molecular weight excluding hydrogens is 448 g/mol. The molecule has 3 unspecified atom stereocenters. The lowest BCUT2D eigenvalue weighted by atomic mass is 9.98. The number of ether oxygens (including phenoxy) is 2. The first kappa shape index (κ1) is 28.3. The molecule has 0 aliphatic carbocycles. The van der Waals surface area contributed by atoms with E-state index >= 15 is 0 Å². The fraction of sp³-hybridized carbons (Fsp3) is 0.519. The number of carbonyl (C=O) groups excluding carboxylic acids is 3. The zero-order valence-corrected chi connectivity index (χ0v) is 20.4. The highest BCUT2D eigenvalue weighted by molar-refractivity contribution is 5.86. The Morgan fingerprint density at radius 2 is 1.94 bits per heavy atom. The molecular formula is C27H38N2O6. The summed E-state index contributed by atoms with van der Waals surface area (Å²) in [5.74, 6) is -1.48. The van der Waals surface area contributed by atoms with E-state index < -0.39 is 12.0 Å². The summed E-state index contributed by atoms with van der Waals surface area (Å²) in [6.07, 6.45) is 5.92. The van der Waals surface area contributed by atoms with E-state index in [1.165, 1.54) is 0 Å². The van der Waals surface area contributed by atoms with Crippen molar-refractivity contribution in [2.45, 2.75) is 57.2 Å². The fourth-order valence-electron chi connectivity index (χ4n) is 4.00. The molecule has 1 aromatic carbocycles. The van der Waals surface area contributed by atoms with E-state index in [4.69, 9.17) is 9.47 Å². The van der Waals surface area contributed by atoms with Gasteiger partial charge in [0.2, 0.25) is 11.8 Å². The average Bonchev–Trinajstić information content (AvgIpc) is 3.35. The van der Waals surface area contributed by atoms with Gasteiger partial charge in [-0.2, -0.15) is 0 Å². The summed E-state index contributed by atoms with van der Waals surface area (Å²) in [6.45, 7) is 8.28. The van der Waals surface area contributed by atoms with Crippen molar-refractivity contribution in [2.24, 2.45) is 5.92 Å². The largest absolute Gasteiger partial charge is 0.463 e. The van der Waals surface area contributed by atoms with Crippen LogP contribution in [-0.4, -0.2) is 66.2 Å². The van der Waals surface area contributed by atoms with Crippen LogP contribution in [0.5, 0.6) is 0 Å². The number of nitrogens with one attached hydrogen (secondary N) is 1. The summed E-state index contributed by atoms with van der Waals surface area (Å²) in [4.78, 5) is 39.6. The first-order valence-corrected chi connectivity index (χ1v) is 12.2. The molecule has 1 aliphatic rings. The Labute approximate surface area is 208 Å². The molecule has 35 heavy (non-hydrogen) atoms. The van der Waals surface area contributed by atoms with Gasteiger partial charge in [0, 0.05) is 19.4 Å². The van der Waals surface area contributed by atoms with Crippen molar-refractivity contribution in [2.75, 3.05) is 26.4 Å². The van der Waals surface area contributed by atoms with Crippen molar-refractivity contribution in [3.05, 3.63) is 61.2 Å². The fourth-order valence-corrected chi connectivity index (χ4v) is 4.00. The first-order valence-electron chi connectivity index (χ1n) is 12.2. The number of rotatable bonds is 16. The number of carbonyl (C=O) groups is 3. The maximum absolute atomic E-state index is 13.1. The van der Waals surface area contributed by atoms with E-state index in [1.807, 2.05) is 30.3 Å². The van der Waals surface area contributed by atoms with Gasteiger partial charge < -0.3 is 24.8 Å². The summed E-state index contributed by atoms with van der Waals surface area (Å²) in [6, 6.07) is 8.86. The zero-order valence-electron chi connectivity index (χ0n) is 20.4. The SMILES string of the molecule is C=CCCC(=O)OCC(COCc1ccccc1)NC(=O)C(CC=C)CC(=O)N1CCCC1CO. The Balaban J connectivity index is 1.98. The van der Waals surface area contributed by atoms with Crippen molar-refractivity contribution < 1.29 is 29.0 Å². The predicted molar refractivity (Wildman–Crippen MR) is 133 cm³/mol. The van der Waals surface area contributed by atoms with Gasteiger partial charge >= 0.3 is 5.97 Å². The van der Waals surface area contributed by atoms with Crippen LogP contribution in [0, 0.1) is 5.92 Å². The topological polar surface area (TPSA) is 105 Å². The van der Waals surface area contributed by atoms with Gasteiger partial charge in [0.1, 0.15) is 6.61 Å². The predicted octanol–water partition coefficient (Wildman–Crippen LogP) is 2.76. The molecule has 8 nitrogen and oxygen atoms in total. The van der Waals surface area contributed by atoms with Crippen molar-refractivity contribution in [1.82, 2.24) is 10.2 Å². The number of likely N-dealkylation sites (tertiary alicyclic amines) is 1. The molecule has 0 bridgehead atoms. The number of hydrogen-bond donors (Lipinski definition) is 2. The summed E-state index contributed by atoms with van der Waals surface area (Å²) >= 11 is 0. The number of aliphatic hydroxyl groups is 1. The first-order chi connectivity index (χ1) is 17.0. The third kappa shape index (κ3) is 10.0. The highest BCUT2D eigenvalue weighted by Gasteiger charge is 2.31. The number of aliphatic hydroxyl groups excluding tert-OH is 1. The number of esters is 1. The van der Waals surface area contributed by atoms with Crippen LogP contribution >= 0.6 is 0 Å². The van der Waals surface area contributed by atoms with Gasteiger partial charge in [-0.3, -0.25) is 14.4 Å². The summed E-state index contributed by atoms with van der Waals surface area (Å²) in [7, 11) is 0. The molecule has 2 N–H and O–H groups in total. The second-order valence-corrected chi connectivity index (χ2v) is 8.71. The summed E-state index contributed by atoms with van der Waals surface area (Å²) in [5.41, 5.74) is 0.986. The molecule has 1 fully saturated rings. The highest BCUT2D eigenvalue weighted by atomic mass is 16.5. The third-order valence-corrected chi connectivity index (χ3v) is 5.93. The number of allylic oxidation sites excluding steroid dienone is 2. The minimum absolute atomic E-state index is 0.0189. The van der Waals surface area contributed by atoms with Gasteiger partial charge in [-0.05, 0) is 31.2 Å². The monoisotopic (exact) mass is 486 g/mol. The molecule has 0 aromatic heterocycles.